The lowest BCUT2D eigenvalue weighted by Gasteiger charge is -2.31. The van der Waals surface area contributed by atoms with Crippen molar-refractivity contribution in [1.29, 1.82) is 0 Å². The van der Waals surface area contributed by atoms with Crippen LogP contribution in [0.4, 0.5) is 31.9 Å². The molecule has 2 fully saturated rings. The first-order valence-corrected chi connectivity index (χ1v) is 13.0. The summed E-state index contributed by atoms with van der Waals surface area (Å²) >= 11 is 0. The number of amides is 1. The summed E-state index contributed by atoms with van der Waals surface area (Å²) in [5.41, 5.74) is 1.73. The molecule has 3 heterocycles. The first-order valence-electron chi connectivity index (χ1n) is 13.0. The molecule has 3 N–H and O–H groups in total. The van der Waals surface area contributed by atoms with Crippen molar-refractivity contribution in [2.45, 2.75) is 62.8 Å². The number of nitrogens with zero attached hydrogens (tertiary/aromatic N) is 5. The van der Waals surface area contributed by atoms with Crippen molar-refractivity contribution in [1.82, 2.24) is 20.2 Å². The molecule has 37 heavy (non-hydrogen) atoms. The number of carbonyl (C=O) groups is 1. The Bertz CT molecular complexity index is 1100. The number of aliphatic hydroxyl groups is 1. The highest BCUT2D eigenvalue weighted by Crippen LogP contribution is 2.39. The highest BCUT2D eigenvalue weighted by atomic mass is 19.3. The number of halogens is 2. The van der Waals surface area contributed by atoms with Gasteiger partial charge in [-0.25, -0.2) is 4.98 Å². The van der Waals surface area contributed by atoms with Gasteiger partial charge in [-0.15, -0.1) is 0 Å². The fourth-order valence-corrected chi connectivity index (χ4v) is 5.48. The summed E-state index contributed by atoms with van der Waals surface area (Å²) in [5, 5.41) is 17.1. The van der Waals surface area contributed by atoms with Gasteiger partial charge in [-0.3, -0.25) is 10.1 Å². The van der Waals surface area contributed by atoms with Crippen molar-refractivity contribution in [3.8, 4) is 0 Å². The highest BCUT2D eigenvalue weighted by Gasteiger charge is 2.48. The van der Waals surface area contributed by atoms with Crippen LogP contribution in [0, 0.1) is 0 Å². The number of fused-ring (bicyclic) bond motifs is 1. The number of piperidine rings is 1. The molecule has 2 aromatic rings. The van der Waals surface area contributed by atoms with E-state index >= 15 is 0 Å². The number of aromatic nitrogens is 2. The molecule has 1 aromatic carbocycles. The molecule has 2 aliphatic heterocycles. The maximum atomic E-state index is 14.8. The third kappa shape index (κ3) is 5.53. The van der Waals surface area contributed by atoms with E-state index in [9.17, 15) is 18.7 Å². The fourth-order valence-electron chi connectivity index (χ4n) is 5.48. The zero-order valence-corrected chi connectivity index (χ0v) is 21.3. The number of hydrogen-bond donors (Lipinski definition) is 3. The van der Waals surface area contributed by atoms with Gasteiger partial charge < -0.3 is 25.1 Å². The predicted octanol–water partition coefficient (Wildman–Crippen LogP) is 3.26. The van der Waals surface area contributed by atoms with E-state index in [1.807, 2.05) is 24.3 Å². The Morgan fingerprint density at radius 2 is 1.76 bits per heavy atom. The molecule has 9 nitrogen and oxygen atoms in total. The number of likely N-dealkylation sites (tertiary alicyclic amines) is 1. The van der Waals surface area contributed by atoms with Gasteiger partial charge in [0.2, 0.25) is 5.95 Å². The van der Waals surface area contributed by atoms with Gasteiger partial charge in [-0.05, 0) is 63.5 Å². The number of benzene rings is 1. The molecule has 1 saturated heterocycles. The Labute approximate surface area is 215 Å². The Balaban J connectivity index is 1.32. The lowest BCUT2D eigenvalue weighted by atomic mass is 10.0. The highest BCUT2D eigenvalue weighted by molar-refractivity contribution is 6.02. The third-order valence-corrected chi connectivity index (χ3v) is 7.73. The van der Waals surface area contributed by atoms with Gasteiger partial charge >= 0.3 is 5.92 Å². The third-order valence-electron chi connectivity index (χ3n) is 7.73. The van der Waals surface area contributed by atoms with E-state index in [1.165, 1.54) is 13.2 Å². The second-order valence-corrected chi connectivity index (χ2v) is 10.4. The first kappa shape index (κ1) is 25.7. The van der Waals surface area contributed by atoms with E-state index < -0.39 is 24.6 Å². The summed E-state index contributed by atoms with van der Waals surface area (Å²) in [5.74, 6) is -4.16. The SMILES string of the molecule is CN1CCC(NC(O)c2ccc(Nc3ncc4c(n3)N(C3CCCC3)CC(F)(F)C(=O)N4C)cc2)CC1. The molecular weight excluding hydrogens is 480 g/mol. The van der Waals surface area contributed by atoms with E-state index in [1.54, 1.807) is 4.90 Å². The summed E-state index contributed by atoms with van der Waals surface area (Å²) in [6, 6.07) is 7.49. The van der Waals surface area contributed by atoms with Crippen molar-refractivity contribution >= 4 is 29.0 Å². The molecule has 3 aliphatic rings. The number of carbonyl (C=O) groups excluding carboxylic acids is 1. The fraction of sp³-hybridized carbons (Fsp3) is 0.577. The van der Waals surface area contributed by atoms with Crippen LogP contribution in [0.25, 0.3) is 0 Å². The molecule has 0 radical (unpaired) electrons. The molecule has 1 unspecified atom stereocenters. The molecule has 200 valence electrons. The molecular formula is C26H35F2N7O2. The normalized spacial score (nSPS) is 22.1. The van der Waals surface area contributed by atoms with Gasteiger partial charge in [0.1, 0.15) is 11.9 Å². The van der Waals surface area contributed by atoms with Gasteiger partial charge in [-0.1, -0.05) is 25.0 Å². The zero-order valence-electron chi connectivity index (χ0n) is 21.3. The standard InChI is InChI=1S/C26H35F2N7O2/c1-33-13-11-19(12-14-33)30-23(36)17-7-9-18(10-8-17)31-25-29-15-21-22(32-25)35(20-5-3-4-6-20)16-26(27,28)24(37)34(21)2/h7-10,15,19-20,23,30,36H,3-6,11-14,16H2,1-2H3,(H,29,31,32). The minimum atomic E-state index is -3.51. The lowest BCUT2D eigenvalue weighted by molar-refractivity contribution is -0.140. The van der Waals surface area contributed by atoms with Crippen LogP contribution in [0.2, 0.25) is 0 Å². The van der Waals surface area contributed by atoms with Gasteiger partial charge in [-0.2, -0.15) is 13.8 Å². The molecule has 1 amide bonds. The zero-order chi connectivity index (χ0) is 26.2. The Hall–Kier alpha value is -2.89. The van der Waals surface area contributed by atoms with Crippen LogP contribution in [-0.2, 0) is 4.79 Å². The molecule has 1 aliphatic carbocycles. The Kier molecular flexibility index (Phi) is 7.28. The van der Waals surface area contributed by atoms with E-state index in [-0.39, 0.29) is 23.7 Å². The van der Waals surface area contributed by atoms with Crippen molar-refractivity contribution in [2.24, 2.45) is 0 Å². The number of nitrogens with one attached hydrogen (secondary N) is 2. The molecule has 1 aromatic heterocycles. The van der Waals surface area contributed by atoms with Gasteiger partial charge in [0.25, 0.3) is 5.91 Å². The number of hydrogen-bond acceptors (Lipinski definition) is 8. The number of alkyl halides is 2. The van der Waals surface area contributed by atoms with Gasteiger partial charge in [0.05, 0.1) is 12.7 Å². The largest absolute Gasteiger partial charge is 0.374 e. The van der Waals surface area contributed by atoms with E-state index in [4.69, 9.17) is 0 Å². The average molecular weight is 516 g/mol. The molecule has 0 spiro atoms. The summed E-state index contributed by atoms with van der Waals surface area (Å²) in [7, 11) is 3.44. The molecule has 11 heteroatoms. The Morgan fingerprint density at radius 1 is 1.08 bits per heavy atom. The molecule has 0 bridgehead atoms. The van der Waals surface area contributed by atoms with Crippen LogP contribution in [0.3, 0.4) is 0 Å². The van der Waals surface area contributed by atoms with Crippen LogP contribution in [0.1, 0.15) is 50.3 Å². The quantitative estimate of drug-likeness (QED) is 0.505. The summed E-state index contributed by atoms with van der Waals surface area (Å²) in [6.45, 7) is 1.32. The van der Waals surface area contributed by atoms with E-state index in [0.29, 0.717) is 11.5 Å². The minimum absolute atomic E-state index is 0.0930. The second kappa shape index (κ2) is 10.5. The molecule has 1 saturated carbocycles. The average Bonchev–Trinajstić information content (AvgIpc) is 3.41. The smallest absolute Gasteiger partial charge is 0.342 e. The minimum Gasteiger partial charge on any atom is -0.374 e. The van der Waals surface area contributed by atoms with Gasteiger partial charge in [0.15, 0.2) is 5.82 Å². The van der Waals surface area contributed by atoms with Crippen LogP contribution in [-0.4, -0.2) is 77.6 Å². The second-order valence-electron chi connectivity index (χ2n) is 10.4. The first-order chi connectivity index (χ1) is 17.7. The van der Waals surface area contributed by atoms with E-state index in [0.717, 1.165) is 62.1 Å². The Morgan fingerprint density at radius 3 is 2.43 bits per heavy atom. The van der Waals surface area contributed by atoms with Crippen LogP contribution < -0.4 is 20.4 Å². The number of rotatable bonds is 6. The number of anilines is 4. The maximum absolute atomic E-state index is 14.8. The van der Waals surface area contributed by atoms with Gasteiger partial charge in [0, 0.05) is 24.8 Å². The predicted molar refractivity (Wildman–Crippen MR) is 138 cm³/mol. The lowest BCUT2D eigenvalue weighted by Crippen LogP contribution is -2.48. The molecule has 5 rings (SSSR count). The summed E-state index contributed by atoms with van der Waals surface area (Å²) in [4.78, 5) is 26.2. The summed E-state index contributed by atoms with van der Waals surface area (Å²) < 4.78 is 29.5. The van der Waals surface area contributed by atoms with Crippen LogP contribution in [0.5, 0.6) is 0 Å². The van der Waals surface area contributed by atoms with Crippen molar-refractivity contribution in [2.75, 3.05) is 48.8 Å². The van der Waals surface area contributed by atoms with Crippen molar-refractivity contribution in [3.05, 3.63) is 36.0 Å². The van der Waals surface area contributed by atoms with E-state index in [2.05, 4.69) is 32.5 Å². The maximum Gasteiger partial charge on any atom is 0.342 e. The van der Waals surface area contributed by atoms with Crippen LogP contribution >= 0.6 is 0 Å². The van der Waals surface area contributed by atoms with Crippen molar-refractivity contribution < 1.29 is 18.7 Å². The summed E-state index contributed by atoms with van der Waals surface area (Å²) in [6.07, 6.45) is 6.16. The topological polar surface area (TPSA) is 96.9 Å². The van der Waals surface area contributed by atoms with Crippen molar-refractivity contribution in [3.63, 3.8) is 0 Å². The monoisotopic (exact) mass is 515 g/mol. The number of aliphatic hydroxyl groups excluding tert-OH is 1. The van der Waals surface area contributed by atoms with Crippen LogP contribution in [0.15, 0.2) is 30.5 Å². The molecule has 1 atom stereocenters.